The largest absolute Gasteiger partial charge is 0.497 e. The highest BCUT2D eigenvalue weighted by molar-refractivity contribution is 6.32. The van der Waals surface area contributed by atoms with Crippen molar-refractivity contribution in [2.45, 2.75) is 5.92 Å². The van der Waals surface area contributed by atoms with E-state index in [4.69, 9.17) is 9.73 Å². The zero-order valence-corrected chi connectivity index (χ0v) is 15.0. The molecular formula is C22H16N2O4. The van der Waals surface area contributed by atoms with Crippen LogP contribution in [0, 0.1) is 10.1 Å². The minimum Gasteiger partial charge on any atom is -0.497 e. The van der Waals surface area contributed by atoms with E-state index in [0.29, 0.717) is 28.3 Å². The second kappa shape index (κ2) is 7.08. The molecule has 138 valence electrons. The van der Waals surface area contributed by atoms with Gasteiger partial charge in [-0.3, -0.25) is 19.9 Å². The van der Waals surface area contributed by atoms with Crippen molar-refractivity contribution < 1.29 is 14.5 Å². The Labute approximate surface area is 161 Å². The Morgan fingerprint density at radius 3 is 2.36 bits per heavy atom. The lowest BCUT2D eigenvalue weighted by Crippen LogP contribution is -2.13. The van der Waals surface area contributed by atoms with Crippen molar-refractivity contribution in [2.24, 2.45) is 4.99 Å². The number of methoxy groups -OCH3 is 1. The number of ether oxygens (including phenoxy) is 1. The van der Waals surface area contributed by atoms with Gasteiger partial charge < -0.3 is 4.74 Å². The summed E-state index contributed by atoms with van der Waals surface area (Å²) in [5, 5.41) is 10.9. The van der Waals surface area contributed by atoms with E-state index in [2.05, 4.69) is 0 Å². The normalized spacial score (nSPS) is 16.8. The van der Waals surface area contributed by atoms with Gasteiger partial charge in [-0.15, -0.1) is 0 Å². The summed E-state index contributed by atoms with van der Waals surface area (Å²) in [5.41, 5.74) is 3.34. The van der Waals surface area contributed by atoms with E-state index in [0.717, 1.165) is 5.56 Å². The third-order valence-corrected chi connectivity index (χ3v) is 4.74. The topological polar surface area (TPSA) is 81.8 Å². The van der Waals surface area contributed by atoms with Crippen LogP contribution >= 0.6 is 0 Å². The molecule has 0 bridgehead atoms. The lowest BCUT2D eigenvalue weighted by Gasteiger charge is -2.11. The number of hydrogen-bond donors (Lipinski definition) is 0. The molecule has 1 aliphatic rings. The second-order valence-electron chi connectivity index (χ2n) is 6.39. The number of nitro groups is 1. The van der Waals surface area contributed by atoms with Gasteiger partial charge in [-0.2, -0.15) is 0 Å². The molecule has 1 atom stereocenters. The number of non-ortho nitro benzene ring substituents is 1. The van der Waals surface area contributed by atoms with Crippen molar-refractivity contribution in [3.05, 3.63) is 99.6 Å². The van der Waals surface area contributed by atoms with Crippen LogP contribution in [-0.4, -0.2) is 23.5 Å². The number of fused-ring (bicyclic) bond motifs is 1. The molecule has 3 aromatic rings. The van der Waals surface area contributed by atoms with Crippen LogP contribution in [0.3, 0.4) is 0 Å². The van der Waals surface area contributed by atoms with Crippen molar-refractivity contribution >= 4 is 22.9 Å². The van der Waals surface area contributed by atoms with Crippen LogP contribution in [0.1, 0.15) is 27.4 Å². The van der Waals surface area contributed by atoms with Gasteiger partial charge in [0.2, 0.25) is 0 Å². The maximum absolute atomic E-state index is 13.1. The molecule has 6 nitrogen and oxygen atoms in total. The first kappa shape index (κ1) is 17.6. The molecule has 0 aliphatic heterocycles. The molecule has 0 saturated carbocycles. The molecular weight excluding hydrogens is 356 g/mol. The zero-order chi connectivity index (χ0) is 19.7. The highest BCUT2D eigenvalue weighted by atomic mass is 16.6. The predicted octanol–water partition coefficient (Wildman–Crippen LogP) is 4.70. The summed E-state index contributed by atoms with van der Waals surface area (Å²) in [4.78, 5) is 28.3. The minimum atomic E-state index is -0.607. The van der Waals surface area contributed by atoms with Crippen LogP contribution in [0.5, 0.6) is 5.75 Å². The molecule has 0 radical (unpaired) electrons. The molecule has 0 amide bonds. The van der Waals surface area contributed by atoms with E-state index >= 15 is 0 Å². The Hall–Kier alpha value is -3.80. The smallest absolute Gasteiger partial charge is 0.269 e. The average molecular weight is 372 g/mol. The Bertz CT molecular complexity index is 1100. The predicted molar refractivity (Wildman–Crippen MR) is 106 cm³/mol. The summed E-state index contributed by atoms with van der Waals surface area (Å²) >= 11 is 0. The highest BCUT2D eigenvalue weighted by Crippen LogP contribution is 2.37. The van der Waals surface area contributed by atoms with Crippen molar-refractivity contribution in [3.8, 4) is 5.75 Å². The molecule has 0 fully saturated rings. The minimum absolute atomic E-state index is 0.0157. The van der Waals surface area contributed by atoms with Gasteiger partial charge in [-0.05, 0) is 17.7 Å². The van der Waals surface area contributed by atoms with E-state index in [9.17, 15) is 14.9 Å². The summed E-state index contributed by atoms with van der Waals surface area (Å²) in [6.45, 7) is 0. The maximum Gasteiger partial charge on any atom is 0.269 e. The van der Waals surface area contributed by atoms with Gasteiger partial charge in [-0.1, -0.05) is 42.5 Å². The van der Waals surface area contributed by atoms with E-state index in [1.165, 1.54) is 12.1 Å². The molecule has 0 heterocycles. The average Bonchev–Trinajstić information content (AvgIpc) is 3.00. The first-order valence-electron chi connectivity index (χ1n) is 8.69. The Kier molecular flexibility index (Phi) is 4.45. The quantitative estimate of drug-likeness (QED) is 0.491. The highest BCUT2D eigenvalue weighted by Gasteiger charge is 2.37. The third kappa shape index (κ3) is 3.05. The van der Waals surface area contributed by atoms with Gasteiger partial charge in [0.1, 0.15) is 5.75 Å². The van der Waals surface area contributed by atoms with Crippen molar-refractivity contribution in [2.75, 3.05) is 7.11 Å². The van der Waals surface area contributed by atoms with Gasteiger partial charge in [0.25, 0.3) is 5.69 Å². The number of carbonyl (C=O) groups is 1. The van der Waals surface area contributed by atoms with Crippen molar-refractivity contribution in [1.29, 1.82) is 0 Å². The lowest BCUT2D eigenvalue weighted by molar-refractivity contribution is -0.384. The molecule has 0 N–H and O–H groups in total. The molecule has 0 unspecified atom stereocenters. The first-order valence-corrected chi connectivity index (χ1v) is 8.69. The van der Waals surface area contributed by atoms with Gasteiger partial charge >= 0.3 is 0 Å². The number of rotatable bonds is 4. The van der Waals surface area contributed by atoms with E-state index in [-0.39, 0.29) is 11.5 Å². The van der Waals surface area contributed by atoms with Crippen LogP contribution in [-0.2, 0) is 0 Å². The van der Waals surface area contributed by atoms with Crippen LogP contribution in [0.4, 0.5) is 11.4 Å². The van der Waals surface area contributed by atoms with Crippen molar-refractivity contribution in [3.63, 3.8) is 0 Å². The fraction of sp³-hybridized carbons (Fsp3) is 0.0909. The molecule has 0 aromatic heterocycles. The monoisotopic (exact) mass is 372 g/mol. The summed E-state index contributed by atoms with van der Waals surface area (Å²) in [5.74, 6) is 0.00171. The summed E-state index contributed by atoms with van der Waals surface area (Å²) < 4.78 is 5.26. The number of nitrogens with zero attached hydrogens (tertiary/aromatic N) is 2. The van der Waals surface area contributed by atoms with E-state index in [1.54, 1.807) is 31.4 Å². The fourth-order valence-electron chi connectivity index (χ4n) is 3.40. The van der Waals surface area contributed by atoms with Gasteiger partial charge in [-0.25, -0.2) is 0 Å². The number of ketones is 1. The van der Waals surface area contributed by atoms with Gasteiger partial charge in [0, 0.05) is 29.3 Å². The number of hydrogen-bond acceptors (Lipinski definition) is 5. The number of benzene rings is 3. The first-order chi connectivity index (χ1) is 13.6. The Balaban J connectivity index is 1.85. The van der Waals surface area contributed by atoms with Gasteiger partial charge in [0.05, 0.1) is 29.4 Å². The Morgan fingerprint density at radius 1 is 0.964 bits per heavy atom. The molecule has 1 aliphatic carbocycles. The molecule has 0 spiro atoms. The molecule has 3 aromatic carbocycles. The Morgan fingerprint density at radius 2 is 1.68 bits per heavy atom. The third-order valence-electron chi connectivity index (χ3n) is 4.74. The van der Waals surface area contributed by atoms with Crippen LogP contribution in [0.15, 0.2) is 77.8 Å². The second-order valence-corrected chi connectivity index (χ2v) is 6.39. The van der Waals surface area contributed by atoms with Gasteiger partial charge in [0.15, 0.2) is 5.78 Å². The number of Topliss-reactive ketones (excluding diaryl/α,β-unsaturated/α-hetero) is 1. The van der Waals surface area contributed by atoms with E-state index in [1.807, 2.05) is 36.4 Å². The van der Waals surface area contributed by atoms with Crippen molar-refractivity contribution in [1.82, 2.24) is 0 Å². The van der Waals surface area contributed by atoms with Crippen LogP contribution in [0.2, 0.25) is 0 Å². The summed E-state index contributed by atoms with van der Waals surface area (Å²) in [7, 11) is 1.58. The lowest BCUT2D eigenvalue weighted by atomic mass is 9.93. The van der Waals surface area contributed by atoms with Crippen LogP contribution in [0.25, 0.3) is 0 Å². The molecule has 28 heavy (non-hydrogen) atoms. The van der Waals surface area contributed by atoms with E-state index < -0.39 is 10.8 Å². The summed E-state index contributed by atoms with van der Waals surface area (Å²) in [6, 6.07) is 20.7. The maximum atomic E-state index is 13.1. The fourth-order valence-corrected chi connectivity index (χ4v) is 3.40. The standard InChI is InChI=1S/C22H16N2O4/c1-28-17-6-4-5-15(13-17)23-21-18-7-2-3-8-19(18)22(25)20(21)14-9-11-16(12-10-14)24(26)27/h2-13,20H,1H3/t20-/m1/s1. The number of carbonyl (C=O) groups excluding carboxylic acids is 1. The number of nitro benzene ring substituents is 1. The molecule has 4 rings (SSSR count). The SMILES string of the molecule is COc1cccc(N=C2c3ccccc3C(=O)[C@@H]2c2ccc([N+](=O)[O-])cc2)c1. The molecule has 6 heteroatoms. The zero-order valence-electron chi connectivity index (χ0n) is 15.0. The summed E-state index contributed by atoms with van der Waals surface area (Å²) in [6.07, 6.45) is 0. The number of aliphatic imine (C=N–C) groups is 1. The van der Waals surface area contributed by atoms with Crippen LogP contribution < -0.4 is 4.74 Å². The molecule has 0 saturated heterocycles.